The largest absolute Gasteiger partial charge is 0.472 e. The summed E-state index contributed by atoms with van der Waals surface area (Å²) in [6.07, 6.45) is 3.20. The number of hydrogen-bond acceptors (Lipinski definition) is 3. The third-order valence-electron chi connectivity index (χ3n) is 1.76. The van der Waals surface area contributed by atoms with E-state index in [2.05, 4.69) is 0 Å². The van der Waals surface area contributed by atoms with Crippen LogP contribution in [0.15, 0.2) is 23.0 Å². The molecular formula is C8H13NO2. The molecule has 0 bridgehead atoms. The Labute approximate surface area is 65.8 Å². The van der Waals surface area contributed by atoms with Crippen molar-refractivity contribution >= 4 is 0 Å². The molecule has 2 atom stereocenters. The molecule has 1 aromatic rings. The highest BCUT2D eigenvalue weighted by molar-refractivity contribution is 5.11. The van der Waals surface area contributed by atoms with E-state index in [1.165, 1.54) is 12.5 Å². The van der Waals surface area contributed by atoms with Gasteiger partial charge in [-0.25, -0.2) is 0 Å². The summed E-state index contributed by atoms with van der Waals surface area (Å²) in [6.45, 7) is 1.94. The molecule has 3 nitrogen and oxygen atoms in total. The lowest BCUT2D eigenvalue weighted by atomic mass is 10.0. The second kappa shape index (κ2) is 3.55. The fourth-order valence-corrected chi connectivity index (χ4v) is 0.914. The maximum atomic E-state index is 9.49. The minimum atomic E-state index is -0.598. The molecule has 0 saturated heterocycles. The first kappa shape index (κ1) is 8.30. The van der Waals surface area contributed by atoms with Crippen LogP contribution in [0.5, 0.6) is 0 Å². The van der Waals surface area contributed by atoms with E-state index >= 15 is 0 Å². The molecule has 0 aliphatic heterocycles. The Hall–Kier alpha value is -0.800. The Morgan fingerprint density at radius 2 is 2.45 bits per heavy atom. The zero-order chi connectivity index (χ0) is 8.27. The van der Waals surface area contributed by atoms with E-state index in [-0.39, 0.29) is 6.04 Å². The van der Waals surface area contributed by atoms with Crippen LogP contribution in [-0.4, -0.2) is 11.1 Å². The summed E-state index contributed by atoms with van der Waals surface area (Å²) < 4.78 is 4.81. The lowest BCUT2D eigenvalue weighted by Crippen LogP contribution is -2.26. The van der Waals surface area contributed by atoms with Crippen molar-refractivity contribution in [1.82, 2.24) is 0 Å². The van der Waals surface area contributed by atoms with Crippen LogP contribution in [0.1, 0.15) is 25.0 Å². The molecule has 1 heterocycles. The van der Waals surface area contributed by atoms with Crippen LogP contribution >= 0.6 is 0 Å². The fourth-order valence-electron chi connectivity index (χ4n) is 0.914. The third kappa shape index (κ3) is 1.82. The van der Waals surface area contributed by atoms with E-state index in [1.807, 2.05) is 6.92 Å². The summed E-state index contributed by atoms with van der Waals surface area (Å²) in [6, 6.07) is 1.52. The minimum absolute atomic E-state index is 0.201. The van der Waals surface area contributed by atoms with Crippen molar-refractivity contribution in [3.05, 3.63) is 24.2 Å². The smallest absolute Gasteiger partial charge is 0.0971 e. The summed E-state index contributed by atoms with van der Waals surface area (Å²) >= 11 is 0. The fraction of sp³-hybridized carbons (Fsp3) is 0.500. The van der Waals surface area contributed by atoms with Gasteiger partial charge in [0, 0.05) is 11.6 Å². The number of aliphatic hydroxyl groups excluding tert-OH is 1. The number of furan rings is 1. The van der Waals surface area contributed by atoms with Crippen molar-refractivity contribution in [3.8, 4) is 0 Å². The van der Waals surface area contributed by atoms with Gasteiger partial charge in [-0.05, 0) is 12.5 Å². The van der Waals surface area contributed by atoms with Crippen LogP contribution in [0.25, 0.3) is 0 Å². The maximum absolute atomic E-state index is 9.49. The maximum Gasteiger partial charge on any atom is 0.0971 e. The van der Waals surface area contributed by atoms with Gasteiger partial charge in [0.2, 0.25) is 0 Å². The van der Waals surface area contributed by atoms with E-state index in [9.17, 15) is 5.11 Å². The Bertz CT molecular complexity index is 196. The monoisotopic (exact) mass is 155 g/mol. The van der Waals surface area contributed by atoms with Crippen LogP contribution in [0, 0.1) is 0 Å². The first-order chi connectivity index (χ1) is 5.25. The molecule has 0 amide bonds. The zero-order valence-electron chi connectivity index (χ0n) is 6.53. The minimum Gasteiger partial charge on any atom is -0.472 e. The van der Waals surface area contributed by atoms with E-state index in [0.29, 0.717) is 0 Å². The lowest BCUT2D eigenvalue weighted by Gasteiger charge is -2.14. The molecule has 0 aliphatic carbocycles. The van der Waals surface area contributed by atoms with Gasteiger partial charge in [-0.2, -0.15) is 0 Å². The summed E-state index contributed by atoms with van der Waals surface area (Å²) in [5, 5.41) is 9.49. The average Bonchev–Trinajstić information content (AvgIpc) is 2.53. The van der Waals surface area contributed by atoms with Gasteiger partial charge < -0.3 is 15.3 Å². The number of nitrogens with two attached hydrogens (primary N) is 1. The van der Waals surface area contributed by atoms with Crippen LogP contribution in [0.3, 0.4) is 0 Å². The van der Waals surface area contributed by atoms with Gasteiger partial charge in [-0.3, -0.25) is 0 Å². The first-order valence-electron chi connectivity index (χ1n) is 3.71. The van der Waals surface area contributed by atoms with E-state index in [0.717, 1.165) is 12.0 Å². The predicted octanol–water partition coefficient (Wildman–Crippen LogP) is 1.05. The van der Waals surface area contributed by atoms with Gasteiger partial charge in [-0.15, -0.1) is 0 Å². The molecule has 0 unspecified atom stereocenters. The Kier molecular flexibility index (Phi) is 2.68. The molecule has 11 heavy (non-hydrogen) atoms. The molecule has 0 aromatic carbocycles. The number of hydrogen-bond donors (Lipinski definition) is 2. The van der Waals surface area contributed by atoms with Crippen LogP contribution < -0.4 is 5.73 Å². The molecule has 1 aromatic heterocycles. The van der Waals surface area contributed by atoms with Crippen molar-refractivity contribution in [2.75, 3.05) is 0 Å². The quantitative estimate of drug-likeness (QED) is 0.685. The molecule has 1 rings (SSSR count). The molecule has 0 fully saturated rings. The molecule has 0 saturated carbocycles. The molecular weight excluding hydrogens is 142 g/mol. The lowest BCUT2D eigenvalue weighted by molar-refractivity contribution is 0.143. The summed E-state index contributed by atoms with van der Waals surface area (Å²) in [5.41, 5.74) is 6.37. The molecule has 0 radical (unpaired) electrons. The highest BCUT2D eigenvalue weighted by atomic mass is 16.3. The standard InChI is InChI=1S/C8H13NO2/c1-2-7(9)8(10)6-3-4-11-5-6/h3-5,7-8,10H,2,9H2,1H3/t7-,8-/m0/s1. The molecule has 0 aliphatic rings. The molecule has 3 heteroatoms. The van der Waals surface area contributed by atoms with Crippen LogP contribution in [0.4, 0.5) is 0 Å². The van der Waals surface area contributed by atoms with Crippen LogP contribution in [0.2, 0.25) is 0 Å². The van der Waals surface area contributed by atoms with Crippen molar-refractivity contribution in [3.63, 3.8) is 0 Å². The van der Waals surface area contributed by atoms with E-state index < -0.39 is 6.10 Å². The van der Waals surface area contributed by atoms with Crippen LogP contribution in [-0.2, 0) is 0 Å². The summed E-state index contributed by atoms with van der Waals surface area (Å²) in [7, 11) is 0. The van der Waals surface area contributed by atoms with Crippen molar-refractivity contribution in [2.45, 2.75) is 25.5 Å². The molecule has 3 N–H and O–H groups in total. The predicted molar refractivity (Wildman–Crippen MR) is 41.9 cm³/mol. The molecule has 0 spiro atoms. The molecule has 62 valence electrons. The van der Waals surface area contributed by atoms with Gasteiger partial charge in [0.05, 0.1) is 18.6 Å². The first-order valence-corrected chi connectivity index (χ1v) is 3.71. The van der Waals surface area contributed by atoms with Gasteiger partial charge in [-0.1, -0.05) is 6.92 Å². The second-order valence-electron chi connectivity index (χ2n) is 2.57. The van der Waals surface area contributed by atoms with Gasteiger partial charge in [0.25, 0.3) is 0 Å². The number of aliphatic hydroxyl groups is 1. The second-order valence-corrected chi connectivity index (χ2v) is 2.57. The van der Waals surface area contributed by atoms with E-state index in [4.69, 9.17) is 10.2 Å². The van der Waals surface area contributed by atoms with Gasteiger partial charge in [0.1, 0.15) is 0 Å². The Morgan fingerprint density at radius 3 is 2.91 bits per heavy atom. The van der Waals surface area contributed by atoms with E-state index in [1.54, 1.807) is 6.07 Å². The van der Waals surface area contributed by atoms with Crippen molar-refractivity contribution in [2.24, 2.45) is 5.73 Å². The normalized spacial score (nSPS) is 16.3. The topological polar surface area (TPSA) is 59.4 Å². The average molecular weight is 155 g/mol. The zero-order valence-corrected chi connectivity index (χ0v) is 6.53. The summed E-state index contributed by atoms with van der Waals surface area (Å²) in [5.74, 6) is 0. The van der Waals surface area contributed by atoms with Gasteiger partial charge >= 0.3 is 0 Å². The van der Waals surface area contributed by atoms with Crippen molar-refractivity contribution in [1.29, 1.82) is 0 Å². The highest BCUT2D eigenvalue weighted by Crippen LogP contribution is 2.16. The highest BCUT2D eigenvalue weighted by Gasteiger charge is 2.15. The Morgan fingerprint density at radius 1 is 1.73 bits per heavy atom. The summed E-state index contributed by atoms with van der Waals surface area (Å²) in [4.78, 5) is 0. The number of rotatable bonds is 3. The SMILES string of the molecule is CC[C@H](N)[C@@H](O)c1ccoc1. The Balaban J connectivity index is 2.62. The van der Waals surface area contributed by atoms with Gasteiger partial charge in [0.15, 0.2) is 0 Å². The van der Waals surface area contributed by atoms with Crippen molar-refractivity contribution < 1.29 is 9.52 Å². The third-order valence-corrected chi connectivity index (χ3v) is 1.76.